The first kappa shape index (κ1) is 12.8. The van der Waals surface area contributed by atoms with Crippen molar-refractivity contribution in [2.45, 2.75) is 38.3 Å². The highest BCUT2D eigenvalue weighted by atomic mass is 16.7. The monoisotopic (exact) mass is 263 g/mol. The van der Waals surface area contributed by atoms with Crippen LogP contribution in [-0.2, 0) is 6.54 Å². The van der Waals surface area contributed by atoms with Crippen molar-refractivity contribution in [3.63, 3.8) is 0 Å². The van der Waals surface area contributed by atoms with E-state index in [0.29, 0.717) is 12.8 Å². The molecule has 4 heteroatoms. The van der Waals surface area contributed by atoms with Crippen LogP contribution >= 0.6 is 0 Å². The van der Waals surface area contributed by atoms with Crippen molar-refractivity contribution in [1.29, 1.82) is 0 Å². The van der Waals surface area contributed by atoms with Crippen LogP contribution in [0.3, 0.4) is 0 Å². The lowest BCUT2D eigenvalue weighted by Crippen LogP contribution is -2.36. The van der Waals surface area contributed by atoms with Gasteiger partial charge in [0.2, 0.25) is 6.79 Å². The van der Waals surface area contributed by atoms with Gasteiger partial charge in [-0.2, -0.15) is 0 Å². The fourth-order valence-electron chi connectivity index (χ4n) is 2.93. The number of hydrogen-bond donors (Lipinski definition) is 1. The number of aliphatic hydroxyl groups is 1. The first-order valence-corrected chi connectivity index (χ1v) is 7.10. The number of benzene rings is 1. The zero-order valence-electron chi connectivity index (χ0n) is 11.2. The number of hydrogen-bond acceptors (Lipinski definition) is 4. The van der Waals surface area contributed by atoms with E-state index in [9.17, 15) is 5.11 Å². The Kier molecular flexibility index (Phi) is 3.89. The fraction of sp³-hybridized carbons (Fsp3) is 0.600. The maximum atomic E-state index is 9.53. The molecule has 1 saturated heterocycles. The lowest BCUT2D eigenvalue weighted by molar-refractivity contribution is 0.118. The smallest absolute Gasteiger partial charge is 0.231 e. The van der Waals surface area contributed by atoms with Gasteiger partial charge in [0.15, 0.2) is 11.5 Å². The largest absolute Gasteiger partial charge is 0.454 e. The molecule has 2 aliphatic heterocycles. The van der Waals surface area contributed by atoms with Gasteiger partial charge in [0.25, 0.3) is 0 Å². The van der Waals surface area contributed by atoms with E-state index in [2.05, 4.69) is 17.0 Å². The van der Waals surface area contributed by atoms with E-state index in [4.69, 9.17) is 9.47 Å². The topological polar surface area (TPSA) is 41.9 Å². The van der Waals surface area contributed by atoms with Gasteiger partial charge in [-0.05, 0) is 37.1 Å². The minimum absolute atomic E-state index is 0.255. The Morgan fingerprint density at radius 3 is 2.95 bits per heavy atom. The maximum Gasteiger partial charge on any atom is 0.231 e. The quantitative estimate of drug-likeness (QED) is 0.907. The molecule has 0 amide bonds. The summed E-state index contributed by atoms with van der Waals surface area (Å²) >= 11 is 0. The summed E-state index contributed by atoms with van der Waals surface area (Å²) < 4.78 is 10.7. The van der Waals surface area contributed by atoms with Crippen molar-refractivity contribution in [1.82, 2.24) is 4.90 Å². The summed E-state index contributed by atoms with van der Waals surface area (Å²) in [5.41, 5.74) is 1.23. The van der Waals surface area contributed by atoms with Crippen LogP contribution < -0.4 is 9.47 Å². The van der Waals surface area contributed by atoms with Crippen molar-refractivity contribution >= 4 is 0 Å². The van der Waals surface area contributed by atoms with Crippen molar-refractivity contribution in [3.05, 3.63) is 23.8 Å². The van der Waals surface area contributed by atoms with E-state index >= 15 is 0 Å². The molecule has 0 aliphatic carbocycles. The summed E-state index contributed by atoms with van der Waals surface area (Å²) in [5.74, 6) is 1.67. The van der Waals surface area contributed by atoms with Crippen LogP contribution in [0.2, 0.25) is 0 Å². The molecular weight excluding hydrogens is 242 g/mol. The van der Waals surface area contributed by atoms with E-state index in [1.807, 2.05) is 6.07 Å². The number of nitrogens with zero attached hydrogens (tertiary/aromatic N) is 1. The van der Waals surface area contributed by atoms with Gasteiger partial charge in [0.1, 0.15) is 0 Å². The summed E-state index contributed by atoms with van der Waals surface area (Å²) in [6, 6.07) is 6.42. The second-order valence-electron chi connectivity index (χ2n) is 5.34. The highest BCUT2D eigenvalue weighted by Gasteiger charge is 2.21. The van der Waals surface area contributed by atoms with E-state index in [0.717, 1.165) is 31.0 Å². The average Bonchev–Trinajstić information content (AvgIpc) is 2.78. The van der Waals surface area contributed by atoms with Gasteiger partial charge in [-0.15, -0.1) is 0 Å². The van der Waals surface area contributed by atoms with Crippen LogP contribution in [0.4, 0.5) is 0 Å². The normalized spacial score (nSPS) is 23.3. The number of rotatable bonds is 3. The third-order valence-electron chi connectivity index (χ3n) is 4.03. The van der Waals surface area contributed by atoms with E-state index < -0.39 is 0 Å². The second-order valence-corrected chi connectivity index (χ2v) is 5.34. The highest BCUT2D eigenvalue weighted by molar-refractivity contribution is 5.44. The second kappa shape index (κ2) is 5.80. The van der Waals surface area contributed by atoms with Crippen LogP contribution in [-0.4, -0.2) is 36.0 Å². The molecule has 1 aromatic carbocycles. The third kappa shape index (κ3) is 2.85. The molecule has 1 N–H and O–H groups in total. The first-order chi connectivity index (χ1) is 9.36. The maximum absolute atomic E-state index is 9.53. The summed E-state index contributed by atoms with van der Waals surface area (Å²) in [4.78, 5) is 2.39. The highest BCUT2D eigenvalue weighted by Crippen LogP contribution is 2.33. The lowest BCUT2D eigenvalue weighted by Gasteiger charge is -2.28. The lowest BCUT2D eigenvalue weighted by atomic mass is 10.1. The van der Waals surface area contributed by atoms with Crippen LogP contribution in [0.5, 0.6) is 11.5 Å². The van der Waals surface area contributed by atoms with Crippen molar-refractivity contribution in [2.24, 2.45) is 0 Å². The predicted molar refractivity (Wildman–Crippen MR) is 72.3 cm³/mol. The summed E-state index contributed by atoms with van der Waals surface area (Å²) in [6.07, 6.45) is 4.82. The Morgan fingerprint density at radius 1 is 1.16 bits per heavy atom. The molecule has 1 fully saturated rings. The summed E-state index contributed by atoms with van der Waals surface area (Å²) in [6.45, 7) is 2.52. The zero-order valence-corrected chi connectivity index (χ0v) is 11.2. The number of fused-ring (bicyclic) bond motifs is 1. The molecule has 104 valence electrons. The Bertz CT molecular complexity index is 435. The van der Waals surface area contributed by atoms with Crippen molar-refractivity contribution < 1.29 is 14.6 Å². The van der Waals surface area contributed by atoms with Gasteiger partial charge in [-0.1, -0.05) is 18.9 Å². The number of aliphatic hydroxyl groups excluding tert-OH is 1. The fourth-order valence-corrected chi connectivity index (χ4v) is 2.93. The Balaban J connectivity index is 1.72. The minimum Gasteiger partial charge on any atom is -0.454 e. The first-order valence-electron chi connectivity index (χ1n) is 7.10. The predicted octanol–water partition coefficient (Wildman–Crippen LogP) is 2.15. The molecule has 0 radical (unpaired) electrons. The molecule has 1 atom stereocenters. The van der Waals surface area contributed by atoms with Crippen LogP contribution in [0.25, 0.3) is 0 Å². The molecule has 0 saturated carbocycles. The minimum atomic E-state index is 0.255. The zero-order chi connectivity index (χ0) is 13.1. The molecule has 0 bridgehead atoms. The van der Waals surface area contributed by atoms with Gasteiger partial charge in [-0.25, -0.2) is 0 Å². The standard InChI is InChI=1S/C15H21NO3/c17-10-13-4-2-1-3-7-16(13)9-12-5-6-14-15(8-12)19-11-18-14/h5-6,8,13,17H,1-4,7,9-11H2. The molecule has 0 aromatic heterocycles. The van der Waals surface area contributed by atoms with Gasteiger partial charge in [-0.3, -0.25) is 4.90 Å². The van der Waals surface area contributed by atoms with E-state index in [1.165, 1.54) is 24.8 Å². The van der Waals surface area contributed by atoms with Gasteiger partial charge < -0.3 is 14.6 Å². The third-order valence-corrected chi connectivity index (χ3v) is 4.03. The average molecular weight is 263 g/mol. The SMILES string of the molecule is OCC1CCCCCN1Cc1ccc2c(c1)OCO2. The summed E-state index contributed by atoms with van der Waals surface area (Å²) in [5, 5.41) is 9.53. The Labute approximate surface area is 113 Å². The number of ether oxygens (including phenoxy) is 2. The van der Waals surface area contributed by atoms with Crippen LogP contribution in [0.1, 0.15) is 31.2 Å². The summed E-state index contributed by atoms with van der Waals surface area (Å²) in [7, 11) is 0. The molecule has 1 aromatic rings. The Morgan fingerprint density at radius 2 is 2.05 bits per heavy atom. The van der Waals surface area contributed by atoms with Crippen molar-refractivity contribution in [3.8, 4) is 11.5 Å². The molecule has 19 heavy (non-hydrogen) atoms. The van der Waals surface area contributed by atoms with Crippen LogP contribution in [0, 0.1) is 0 Å². The molecule has 1 unspecified atom stereocenters. The van der Waals surface area contributed by atoms with E-state index in [-0.39, 0.29) is 6.61 Å². The molecule has 3 rings (SSSR count). The van der Waals surface area contributed by atoms with Gasteiger partial charge >= 0.3 is 0 Å². The van der Waals surface area contributed by atoms with E-state index in [1.54, 1.807) is 0 Å². The van der Waals surface area contributed by atoms with Gasteiger partial charge in [0.05, 0.1) is 6.61 Å². The molecule has 0 spiro atoms. The molecular formula is C15H21NO3. The van der Waals surface area contributed by atoms with Crippen molar-refractivity contribution in [2.75, 3.05) is 19.9 Å². The Hall–Kier alpha value is -1.26. The number of likely N-dealkylation sites (tertiary alicyclic amines) is 1. The molecule has 2 aliphatic rings. The molecule has 2 heterocycles. The van der Waals surface area contributed by atoms with Crippen LogP contribution in [0.15, 0.2) is 18.2 Å². The van der Waals surface area contributed by atoms with Gasteiger partial charge in [0, 0.05) is 12.6 Å². The molecule has 4 nitrogen and oxygen atoms in total.